The molecule has 17 heavy (non-hydrogen) atoms. The fourth-order valence-electron chi connectivity index (χ4n) is 1.14. The Balaban J connectivity index is 3.18. The van der Waals surface area contributed by atoms with Crippen LogP contribution < -0.4 is 10.5 Å². The minimum absolute atomic E-state index is 0.113. The molecule has 0 bridgehead atoms. The highest BCUT2D eigenvalue weighted by Crippen LogP contribution is 2.21. The predicted molar refractivity (Wildman–Crippen MR) is 67.6 cm³/mol. The molecule has 1 rings (SSSR count). The van der Waals surface area contributed by atoms with Crippen LogP contribution in [0, 0.1) is 5.82 Å². The Bertz CT molecular complexity index is 517. The van der Waals surface area contributed by atoms with Crippen molar-refractivity contribution in [3.63, 3.8) is 0 Å². The third-order valence-corrected chi connectivity index (χ3v) is 4.31. The van der Waals surface area contributed by atoms with Crippen LogP contribution >= 0.6 is 15.9 Å². The number of hydrogen-bond donors (Lipinski definition) is 2. The van der Waals surface area contributed by atoms with Crippen LogP contribution in [-0.4, -0.2) is 20.5 Å². The zero-order chi connectivity index (χ0) is 13.3. The van der Waals surface area contributed by atoms with Crippen molar-refractivity contribution in [2.45, 2.75) is 24.3 Å². The molecule has 0 atom stereocenters. The molecule has 0 amide bonds. The summed E-state index contributed by atoms with van der Waals surface area (Å²) in [5.41, 5.74) is 4.60. The summed E-state index contributed by atoms with van der Waals surface area (Å²) in [6, 6.07) is 3.74. The van der Waals surface area contributed by atoms with Gasteiger partial charge in [0.15, 0.2) is 0 Å². The van der Waals surface area contributed by atoms with Crippen LogP contribution in [0.4, 0.5) is 4.39 Å². The van der Waals surface area contributed by atoms with E-state index in [9.17, 15) is 12.8 Å². The monoisotopic (exact) mass is 324 g/mol. The quantitative estimate of drug-likeness (QED) is 0.883. The lowest BCUT2D eigenvalue weighted by molar-refractivity contribution is 0.459. The third-order valence-electron chi connectivity index (χ3n) is 2.10. The van der Waals surface area contributed by atoms with Crippen LogP contribution in [-0.2, 0) is 10.0 Å². The van der Waals surface area contributed by atoms with Gasteiger partial charge in [-0.1, -0.05) is 15.9 Å². The van der Waals surface area contributed by atoms with Crippen molar-refractivity contribution in [1.82, 2.24) is 4.72 Å². The molecule has 96 valence electrons. The first-order valence-electron chi connectivity index (χ1n) is 4.87. The molecule has 4 nitrogen and oxygen atoms in total. The minimum atomic E-state index is -3.92. The Morgan fingerprint density at radius 3 is 2.59 bits per heavy atom. The second-order valence-electron chi connectivity index (χ2n) is 4.27. The summed E-state index contributed by atoms with van der Waals surface area (Å²) in [6.45, 7) is 3.36. The van der Waals surface area contributed by atoms with Crippen LogP contribution in [0.25, 0.3) is 0 Å². The highest BCUT2D eigenvalue weighted by molar-refractivity contribution is 9.10. The van der Waals surface area contributed by atoms with Crippen molar-refractivity contribution in [3.8, 4) is 0 Å². The zero-order valence-corrected chi connectivity index (χ0v) is 11.9. The van der Waals surface area contributed by atoms with Crippen molar-refractivity contribution in [3.05, 3.63) is 28.5 Å². The number of nitrogens with one attached hydrogen (secondary N) is 1. The molecule has 0 aliphatic carbocycles. The molecule has 7 heteroatoms. The van der Waals surface area contributed by atoms with Gasteiger partial charge >= 0.3 is 0 Å². The van der Waals surface area contributed by atoms with Gasteiger partial charge in [-0.05, 0) is 32.0 Å². The third kappa shape index (κ3) is 3.74. The highest BCUT2D eigenvalue weighted by Gasteiger charge is 2.27. The fourth-order valence-corrected chi connectivity index (χ4v) is 3.18. The molecule has 0 fully saturated rings. The maximum atomic E-state index is 13.5. The smallest absolute Gasteiger partial charge is 0.244 e. The van der Waals surface area contributed by atoms with Gasteiger partial charge in [-0.2, -0.15) is 0 Å². The lowest BCUT2D eigenvalue weighted by Gasteiger charge is -2.24. The minimum Gasteiger partial charge on any atom is -0.329 e. The predicted octanol–water partition coefficient (Wildman–Crippen LogP) is 1.60. The van der Waals surface area contributed by atoms with Gasteiger partial charge < -0.3 is 5.73 Å². The second-order valence-corrected chi connectivity index (χ2v) is 6.83. The summed E-state index contributed by atoms with van der Waals surface area (Å²) in [4.78, 5) is -0.395. The van der Waals surface area contributed by atoms with E-state index in [0.29, 0.717) is 4.47 Å². The number of benzene rings is 1. The summed E-state index contributed by atoms with van der Waals surface area (Å²) in [6.07, 6.45) is 0. The number of nitrogens with two attached hydrogens (primary N) is 1. The number of halogens is 2. The van der Waals surface area contributed by atoms with Crippen LogP contribution in [0.5, 0.6) is 0 Å². The van der Waals surface area contributed by atoms with Gasteiger partial charge in [-0.25, -0.2) is 17.5 Å². The van der Waals surface area contributed by atoms with Gasteiger partial charge in [0.2, 0.25) is 10.0 Å². The van der Waals surface area contributed by atoms with Crippen molar-refractivity contribution in [2.24, 2.45) is 5.73 Å². The second kappa shape index (κ2) is 5.01. The fraction of sp³-hybridized carbons (Fsp3) is 0.400. The van der Waals surface area contributed by atoms with Crippen LogP contribution in [0.1, 0.15) is 13.8 Å². The first-order chi connectivity index (χ1) is 7.68. The van der Waals surface area contributed by atoms with Gasteiger partial charge in [0.05, 0.1) is 0 Å². The Morgan fingerprint density at radius 1 is 1.47 bits per heavy atom. The molecule has 0 aliphatic heterocycles. The van der Waals surface area contributed by atoms with Crippen molar-refractivity contribution >= 4 is 26.0 Å². The Kier molecular flexibility index (Phi) is 4.29. The molecule has 0 heterocycles. The van der Waals surface area contributed by atoms with E-state index in [2.05, 4.69) is 20.7 Å². The van der Waals surface area contributed by atoms with Crippen LogP contribution in [0.15, 0.2) is 27.6 Å². The lowest BCUT2D eigenvalue weighted by atomic mass is 10.1. The summed E-state index contributed by atoms with van der Waals surface area (Å²) in [5.74, 6) is -0.798. The van der Waals surface area contributed by atoms with E-state index in [1.807, 2.05) is 0 Å². The van der Waals surface area contributed by atoms with E-state index in [1.54, 1.807) is 13.8 Å². The molecule has 3 N–H and O–H groups in total. The van der Waals surface area contributed by atoms with Gasteiger partial charge in [-0.3, -0.25) is 0 Å². The molecule has 0 radical (unpaired) electrons. The summed E-state index contributed by atoms with van der Waals surface area (Å²) in [7, 11) is -3.92. The van der Waals surface area contributed by atoms with Crippen LogP contribution in [0.3, 0.4) is 0 Å². The lowest BCUT2D eigenvalue weighted by Crippen LogP contribution is -2.48. The molecule has 0 aliphatic rings. The van der Waals surface area contributed by atoms with Gasteiger partial charge in [0.25, 0.3) is 0 Å². The molecule has 0 unspecified atom stereocenters. The number of rotatable bonds is 4. The zero-order valence-electron chi connectivity index (χ0n) is 9.50. The van der Waals surface area contributed by atoms with Gasteiger partial charge in [-0.15, -0.1) is 0 Å². The normalized spacial score (nSPS) is 12.8. The Hall–Kier alpha value is -0.500. The standard InChI is InChI=1S/C10H14BrFN2O2S/c1-10(2,6-13)14-17(15,16)9-5-7(11)3-4-8(9)12/h3-5,14H,6,13H2,1-2H3. The summed E-state index contributed by atoms with van der Waals surface area (Å²) in [5, 5.41) is 0. The molecule has 0 saturated carbocycles. The first kappa shape index (κ1) is 14.6. The largest absolute Gasteiger partial charge is 0.329 e. The Labute approximate surface area is 109 Å². The summed E-state index contributed by atoms with van der Waals surface area (Å²) < 4.78 is 40.2. The average Bonchev–Trinajstić information content (AvgIpc) is 2.20. The van der Waals surface area contributed by atoms with E-state index in [-0.39, 0.29) is 6.54 Å². The maximum absolute atomic E-state index is 13.5. The van der Waals surface area contributed by atoms with Crippen molar-refractivity contribution < 1.29 is 12.8 Å². The van der Waals surface area contributed by atoms with E-state index in [0.717, 1.165) is 6.07 Å². The van der Waals surface area contributed by atoms with E-state index in [4.69, 9.17) is 5.73 Å². The molecular weight excluding hydrogens is 311 g/mol. The number of sulfonamides is 1. The van der Waals surface area contributed by atoms with Gasteiger partial charge in [0.1, 0.15) is 10.7 Å². The highest BCUT2D eigenvalue weighted by atomic mass is 79.9. The topological polar surface area (TPSA) is 72.2 Å². The number of hydrogen-bond acceptors (Lipinski definition) is 3. The first-order valence-corrected chi connectivity index (χ1v) is 7.15. The average molecular weight is 325 g/mol. The maximum Gasteiger partial charge on any atom is 0.244 e. The molecule has 0 spiro atoms. The van der Waals surface area contributed by atoms with Crippen molar-refractivity contribution in [2.75, 3.05) is 6.54 Å². The van der Waals surface area contributed by atoms with Gasteiger partial charge in [0, 0.05) is 16.6 Å². The molecule has 1 aromatic rings. The van der Waals surface area contributed by atoms with E-state index in [1.165, 1.54) is 12.1 Å². The van der Waals surface area contributed by atoms with Crippen LogP contribution in [0.2, 0.25) is 0 Å². The molecule has 1 aromatic carbocycles. The SMILES string of the molecule is CC(C)(CN)NS(=O)(=O)c1cc(Br)ccc1F. The van der Waals surface area contributed by atoms with E-state index >= 15 is 0 Å². The Morgan fingerprint density at radius 2 is 2.06 bits per heavy atom. The molecular formula is C10H14BrFN2O2S. The molecule has 0 aromatic heterocycles. The van der Waals surface area contributed by atoms with E-state index < -0.39 is 26.3 Å². The molecule has 0 saturated heterocycles. The van der Waals surface area contributed by atoms with Crippen molar-refractivity contribution in [1.29, 1.82) is 0 Å². The summed E-state index contributed by atoms with van der Waals surface area (Å²) >= 11 is 3.10.